The second kappa shape index (κ2) is 7.65. The fraction of sp³-hybridized carbons (Fsp3) is 0.455. The molecule has 5 heterocycles. The Kier molecular flexibility index (Phi) is 4.85. The normalized spacial score (nSPS) is 18.8. The molecule has 0 amide bonds. The van der Waals surface area contributed by atoms with Crippen molar-refractivity contribution < 1.29 is 9.53 Å². The zero-order valence-corrected chi connectivity index (χ0v) is 16.6. The van der Waals surface area contributed by atoms with Crippen LogP contribution in [0.1, 0.15) is 18.5 Å². The van der Waals surface area contributed by atoms with Crippen molar-refractivity contribution >= 4 is 16.7 Å². The number of pyridine rings is 2. The SMILES string of the molecule is Cn1cc(-c2ccc3cnc(CC(=O)C4CCN(C5COC5)CC4)cc3n2)cn1. The molecule has 5 rings (SSSR count). The Morgan fingerprint density at radius 3 is 2.72 bits per heavy atom. The monoisotopic (exact) mass is 391 g/mol. The molecule has 0 spiro atoms. The molecule has 7 nitrogen and oxygen atoms in total. The van der Waals surface area contributed by atoms with Gasteiger partial charge in [-0.3, -0.25) is 19.4 Å². The molecule has 29 heavy (non-hydrogen) atoms. The van der Waals surface area contributed by atoms with E-state index in [2.05, 4.69) is 15.0 Å². The molecule has 0 aliphatic carbocycles. The van der Waals surface area contributed by atoms with Crippen molar-refractivity contribution in [3.8, 4) is 11.3 Å². The van der Waals surface area contributed by atoms with E-state index in [-0.39, 0.29) is 5.92 Å². The first-order valence-corrected chi connectivity index (χ1v) is 10.2. The number of carbonyl (C=O) groups excluding carboxylic acids is 1. The fourth-order valence-corrected chi connectivity index (χ4v) is 4.21. The Hall–Kier alpha value is -2.64. The summed E-state index contributed by atoms with van der Waals surface area (Å²) >= 11 is 0. The molecule has 3 aromatic heterocycles. The zero-order valence-electron chi connectivity index (χ0n) is 16.6. The highest BCUT2D eigenvalue weighted by Gasteiger charge is 2.31. The lowest BCUT2D eigenvalue weighted by Gasteiger charge is -2.41. The molecule has 2 aliphatic heterocycles. The Morgan fingerprint density at radius 1 is 1.21 bits per heavy atom. The maximum Gasteiger partial charge on any atom is 0.142 e. The van der Waals surface area contributed by atoms with Gasteiger partial charge in [-0.25, -0.2) is 4.98 Å². The van der Waals surface area contributed by atoms with Gasteiger partial charge in [0.15, 0.2) is 0 Å². The summed E-state index contributed by atoms with van der Waals surface area (Å²) < 4.78 is 7.05. The predicted molar refractivity (Wildman–Crippen MR) is 109 cm³/mol. The van der Waals surface area contributed by atoms with Crippen LogP contribution in [0.4, 0.5) is 0 Å². The number of ether oxygens (including phenoxy) is 1. The van der Waals surface area contributed by atoms with Gasteiger partial charge in [-0.2, -0.15) is 5.10 Å². The Bertz CT molecular complexity index is 1030. The lowest BCUT2D eigenvalue weighted by molar-refractivity contribution is -0.125. The Labute approximate surface area is 169 Å². The highest BCUT2D eigenvalue weighted by molar-refractivity contribution is 5.85. The van der Waals surface area contributed by atoms with Crippen molar-refractivity contribution in [1.82, 2.24) is 24.6 Å². The third-order valence-electron chi connectivity index (χ3n) is 6.11. The number of hydrogen-bond donors (Lipinski definition) is 0. The summed E-state index contributed by atoms with van der Waals surface area (Å²) in [5, 5.41) is 5.19. The molecular weight excluding hydrogens is 366 g/mol. The van der Waals surface area contributed by atoms with Gasteiger partial charge in [0.2, 0.25) is 0 Å². The van der Waals surface area contributed by atoms with Gasteiger partial charge in [-0.1, -0.05) is 0 Å². The van der Waals surface area contributed by atoms with Crippen molar-refractivity contribution in [3.05, 3.63) is 42.5 Å². The minimum Gasteiger partial charge on any atom is -0.378 e. The molecule has 0 aromatic carbocycles. The number of rotatable bonds is 5. The first-order chi connectivity index (χ1) is 14.2. The van der Waals surface area contributed by atoms with E-state index in [1.807, 2.05) is 43.8 Å². The maximum atomic E-state index is 12.8. The van der Waals surface area contributed by atoms with Gasteiger partial charge in [0.25, 0.3) is 0 Å². The van der Waals surface area contributed by atoms with Crippen molar-refractivity contribution in [2.24, 2.45) is 13.0 Å². The number of aryl methyl sites for hydroxylation is 1. The molecule has 7 heteroatoms. The minimum absolute atomic E-state index is 0.138. The Morgan fingerprint density at radius 2 is 2.03 bits per heavy atom. The highest BCUT2D eigenvalue weighted by Crippen LogP contribution is 2.24. The van der Waals surface area contributed by atoms with Gasteiger partial charge in [-0.05, 0) is 44.1 Å². The van der Waals surface area contributed by atoms with E-state index in [9.17, 15) is 4.79 Å². The first-order valence-electron chi connectivity index (χ1n) is 10.2. The minimum atomic E-state index is 0.138. The molecule has 0 radical (unpaired) electrons. The number of hydrogen-bond acceptors (Lipinski definition) is 6. The van der Waals surface area contributed by atoms with Crippen LogP contribution in [0.2, 0.25) is 0 Å². The van der Waals surface area contributed by atoms with E-state index in [4.69, 9.17) is 9.72 Å². The Balaban J connectivity index is 1.28. The number of aromatic nitrogens is 4. The molecule has 0 unspecified atom stereocenters. The largest absolute Gasteiger partial charge is 0.378 e. The number of likely N-dealkylation sites (tertiary alicyclic amines) is 1. The summed E-state index contributed by atoms with van der Waals surface area (Å²) in [5.74, 6) is 0.434. The van der Waals surface area contributed by atoms with E-state index in [1.165, 1.54) is 0 Å². The summed E-state index contributed by atoms with van der Waals surface area (Å²) in [6.45, 7) is 3.67. The van der Waals surface area contributed by atoms with E-state index >= 15 is 0 Å². The lowest BCUT2D eigenvalue weighted by atomic mass is 9.89. The summed E-state index contributed by atoms with van der Waals surface area (Å²) in [7, 11) is 1.89. The van der Waals surface area contributed by atoms with Gasteiger partial charge in [0.05, 0.1) is 36.7 Å². The molecule has 2 saturated heterocycles. The van der Waals surface area contributed by atoms with Crippen LogP contribution >= 0.6 is 0 Å². The number of Topliss-reactive ketones (excluding diaryl/α,β-unsaturated/α-hetero) is 1. The van der Waals surface area contributed by atoms with Crippen molar-refractivity contribution in [1.29, 1.82) is 0 Å². The summed E-state index contributed by atoms with van der Waals surface area (Å²) in [5.41, 5.74) is 3.52. The van der Waals surface area contributed by atoms with Crippen LogP contribution in [0.15, 0.2) is 36.8 Å². The standard InChI is InChI=1S/C22H25N5O2/c1-26-12-17(11-24-26)20-3-2-16-10-23-18(8-21(16)25-20)9-22(28)15-4-6-27(7-5-15)19-13-29-14-19/h2-3,8,10-12,15,19H,4-7,9,13-14H2,1H3. The van der Waals surface area contributed by atoms with Crippen LogP contribution in [0.5, 0.6) is 0 Å². The van der Waals surface area contributed by atoms with Crippen molar-refractivity contribution in [2.75, 3.05) is 26.3 Å². The van der Waals surface area contributed by atoms with Crippen LogP contribution in [-0.4, -0.2) is 62.8 Å². The first kappa shape index (κ1) is 18.4. The van der Waals surface area contributed by atoms with E-state index in [0.717, 1.165) is 67.0 Å². The van der Waals surface area contributed by atoms with Gasteiger partial charge in [-0.15, -0.1) is 0 Å². The van der Waals surface area contributed by atoms with Crippen LogP contribution in [0.3, 0.4) is 0 Å². The van der Waals surface area contributed by atoms with Gasteiger partial charge < -0.3 is 4.74 Å². The van der Waals surface area contributed by atoms with E-state index in [1.54, 1.807) is 4.68 Å². The quantitative estimate of drug-likeness (QED) is 0.664. The van der Waals surface area contributed by atoms with Crippen LogP contribution in [-0.2, 0) is 23.0 Å². The molecule has 0 N–H and O–H groups in total. The van der Waals surface area contributed by atoms with Gasteiger partial charge in [0, 0.05) is 48.4 Å². The average Bonchev–Trinajstić information content (AvgIpc) is 3.13. The fourth-order valence-electron chi connectivity index (χ4n) is 4.21. The second-order valence-corrected chi connectivity index (χ2v) is 8.11. The summed E-state index contributed by atoms with van der Waals surface area (Å²) in [6, 6.07) is 6.51. The maximum absolute atomic E-state index is 12.8. The number of piperidine rings is 1. The molecule has 0 atom stereocenters. The van der Waals surface area contributed by atoms with Gasteiger partial charge >= 0.3 is 0 Å². The number of fused-ring (bicyclic) bond motifs is 1. The predicted octanol–water partition coefficient (Wildman–Crippen LogP) is 2.25. The zero-order chi connectivity index (χ0) is 19.8. The molecule has 0 saturated carbocycles. The number of nitrogens with zero attached hydrogens (tertiary/aromatic N) is 5. The lowest BCUT2D eigenvalue weighted by Crippen LogP contribution is -2.52. The van der Waals surface area contributed by atoms with Crippen molar-refractivity contribution in [3.63, 3.8) is 0 Å². The molecule has 3 aromatic rings. The summed E-state index contributed by atoms with van der Waals surface area (Å²) in [6.07, 6.45) is 7.82. The molecule has 2 aliphatic rings. The molecule has 150 valence electrons. The van der Waals surface area contributed by atoms with Gasteiger partial charge in [0.1, 0.15) is 5.78 Å². The summed E-state index contributed by atoms with van der Waals surface area (Å²) in [4.78, 5) is 24.6. The molecule has 0 bridgehead atoms. The third kappa shape index (κ3) is 3.80. The van der Waals surface area contributed by atoms with Crippen LogP contribution in [0, 0.1) is 5.92 Å². The smallest absolute Gasteiger partial charge is 0.142 e. The number of carbonyl (C=O) groups is 1. The van der Waals surface area contributed by atoms with Crippen LogP contribution in [0.25, 0.3) is 22.2 Å². The van der Waals surface area contributed by atoms with E-state index < -0.39 is 0 Å². The van der Waals surface area contributed by atoms with E-state index in [0.29, 0.717) is 18.2 Å². The number of ketones is 1. The van der Waals surface area contributed by atoms with Crippen LogP contribution < -0.4 is 0 Å². The van der Waals surface area contributed by atoms with Crippen molar-refractivity contribution in [2.45, 2.75) is 25.3 Å². The average molecular weight is 391 g/mol. The molecule has 2 fully saturated rings. The highest BCUT2D eigenvalue weighted by atomic mass is 16.5. The third-order valence-corrected chi connectivity index (χ3v) is 6.11. The topological polar surface area (TPSA) is 73.1 Å². The molecular formula is C22H25N5O2. The second-order valence-electron chi connectivity index (χ2n) is 8.11.